The first-order chi connectivity index (χ1) is 12.0. The van der Waals surface area contributed by atoms with Crippen LogP contribution in [0.2, 0.25) is 0 Å². The van der Waals surface area contributed by atoms with Crippen LogP contribution >= 0.6 is 0 Å². The summed E-state index contributed by atoms with van der Waals surface area (Å²) in [5.74, 6) is 0. The third-order valence-corrected chi connectivity index (χ3v) is 0. The molecule has 0 fully saturated rings. The van der Waals surface area contributed by atoms with Crippen LogP contribution in [0, 0.1) is 0 Å². The van der Waals surface area contributed by atoms with Crippen LogP contribution in [-0.2, 0) is 0 Å². The molecule has 0 aliphatic heterocycles. The molecule has 0 aliphatic rings. The third kappa shape index (κ3) is 182000. The third-order valence-electron chi connectivity index (χ3n) is 0. The molecule has 24 nitrogen and oxygen atoms in total. The Morgan fingerprint density at radius 2 is 0.133 bits per heavy atom. The molecule has 0 rings (SSSR count). The van der Waals surface area contributed by atoms with Gasteiger partial charge in [0.25, 0.3) is 0 Å². The summed E-state index contributed by atoms with van der Waals surface area (Å²) in [4.78, 5) is 176. The standard InChI is InChI=1S/6H4O4Si/c6*1-5(2,3)4/h6*1-4H. The van der Waals surface area contributed by atoms with Crippen molar-refractivity contribution < 1.29 is 115 Å². The summed E-state index contributed by atoms with van der Waals surface area (Å²) < 4.78 is 0. The van der Waals surface area contributed by atoms with Gasteiger partial charge in [-0.3, -0.25) is 0 Å². The average molecular weight is 577 g/mol. The maximum Gasteiger partial charge on any atom is 0.668 e. The van der Waals surface area contributed by atoms with Crippen molar-refractivity contribution in [1.29, 1.82) is 0 Å². The first kappa shape index (κ1) is 44.1. The highest BCUT2D eigenvalue weighted by molar-refractivity contribution is 6.48. The van der Waals surface area contributed by atoms with E-state index in [-0.39, 0.29) is 0 Å². The minimum Gasteiger partial charge on any atom is -0.368 e. The molecule has 30 heteroatoms. The zero-order valence-electron chi connectivity index (χ0n) is 13.7. The highest BCUT2D eigenvalue weighted by atomic mass is 28.4. The van der Waals surface area contributed by atoms with Crippen molar-refractivity contribution in [2.45, 2.75) is 0 Å². The normalized spacial score (nSPS) is 12.0. The molecule has 0 spiro atoms. The topological polar surface area (TPSA) is 486 Å². The van der Waals surface area contributed by atoms with Crippen molar-refractivity contribution in [3.8, 4) is 0 Å². The maximum atomic E-state index is 7.33. The quantitative estimate of drug-likeness (QED) is 0.119. The fourth-order valence-corrected chi connectivity index (χ4v) is 0. The van der Waals surface area contributed by atoms with Crippen molar-refractivity contribution in [1.82, 2.24) is 0 Å². The van der Waals surface area contributed by atoms with E-state index in [0.717, 1.165) is 0 Å². The average Bonchev–Trinajstić information content (AvgIpc) is 1.94. The second kappa shape index (κ2) is 17.8. The Hall–Kier alpha value is 0.341. The zero-order valence-corrected chi connectivity index (χ0v) is 19.7. The molecule has 0 heterocycles. The van der Waals surface area contributed by atoms with Gasteiger partial charge in [-0.05, 0) is 0 Å². The van der Waals surface area contributed by atoms with E-state index in [9.17, 15) is 0 Å². The predicted molar refractivity (Wildman–Crippen MR) is 87.8 cm³/mol. The van der Waals surface area contributed by atoms with E-state index < -0.39 is 54.3 Å². The highest BCUT2D eigenvalue weighted by Gasteiger charge is 2.24. The van der Waals surface area contributed by atoms with Crippen LogP contribution in [-0.4, -0.2) is 169 Å². The van der Waals surface area contributed by atoms with E-state index >= 15 is 0 Å². The van der Waals surface area contributed by atoms with Crippen molar-refractivity contribution in [3.05, 3.63) is 0 Å². The van der Waals surface area contributed by atoms with Gasteiger partial charge < -0.3 is 115 Å². The molecule has 0 bridgehead atoms. The van der Waals surface area contributed by atoms with Crippen LogP contribution in [0.4, 0.5) is 0 Å². The summed E-state index contributed by atoms with van der Waals surface area (Å²) in [6.45, 7) is 0. The van der Waals surface area contributed by atoms with Gasteiger partial charge in [0, 0.05) is 0 Å². The van der Waals surface area contributed by atoms with Gasteiger partial charge in [-0.2, -0.15) is 0 Å². The number of hydrogen-bond donors (Lipinski definition) is 24. The molecule has 0 unspecified atom stereocenters. The minimum atomic E-state index is -4.61. The molecule has 0 atom stereocenters. The lowest BCUT2D eigenvalue weighted by Crippen LogP contribution is -2.33. The van der Waals surface area contributed by atoms with E-state index in [2.05, 4.69) is 0 Å². The Kier molecular flexibility index (Phi) is 26.2. The van der Waals surface area contributed by atoms with Crippen molar-refractivity contribution in [2.75, 3.05) is 0 Å². The van der Waals surface area contributed by atoms with E-state index in [1.807, 2.05) is 0 Å². The highest BCUT2D eigenvalue weighted by Crippen LogP contribution is 1.69. The summed E-state index contributed by atoms with van der Waals surface area (Å²) >= 11 is 0. The van der Waals surface area contributed by atoms with Crippen molar-refractivity contribution in [2.24, 2.45) is 0 Å². The predicted octanol–water partition coefficient (Wildman–Crippen LogP) is -15.7. The van der Waals surface area contributed by atoms with Gasteiger partial charge in [-0.15, -0.1) is 0 Å². The van der Waals surface area contributed by atoms with Gasteiger partial charge in [0.15, 0.2) is 0 Å². The minimum absolute atomic E-state index is 4.61. The molecule has 0 aliphatic carbocycles. The molecule has 24 N–H and O–H groups in total. The number of hydrogen-bond acceptors (Lipinski definition) is 24. The molecule has 0 aromatic rings. The molecule has 0 aromatic carbocycles. The Labute approximate surface area is 170 Å². The maximum absolute atomic E-state index is 7.33. The second-order valence-electron chi connectivity index (χ2n) is 3.60. The van der Waals surface area contributed by atoms with Crippen LogP contribution in [0.15, 0.2) is 0 Å². The fraction of sp³-hybridized carbons (Fsp3) is 0. The Balaban J connectivity index is -0.0000000576. The smallest absolute Gasteiger partial charge is 0.368 e. The molecule has 30 heavy (non-hydrogen) atoms. The van der Waals surface area contributed by atoms with Crippen LogP contribution in [0.1, 0.15) is 0 Å². The summed E-state index contributed by atoms with van der Waals surface area (Å²) in [6, 6.07) is 0. The van der Waals surface area contributed by atoms with Gasteiger partial charge in [0.1, 0.15) is 0 Å². The van der Waals surface area contributed by atoms with Crippen molar-refractivity contribution in [3.63, 3.8) is 0 Å². The second-order valence-corrected chi connectivity index (χ2v) is 10.8. The molecule has 0 aromatic heterocycles. The monoisotopic (exact) mass is 576 g/mol. The first-order valence-corrected chi connectivity index (χ1v) is 16.1. The van der Waals surface area contributed by atoms with Gasteiger partial charge in [-0.1, -0.05) is 0 Å². The lowest BCUT2D eigenvalue weighted by Gasteiger charge is -1.91. The fourth-order valence-electron chi connectivity index (χ4n) is 0. The zero-order chi connectivity index (χ0) is 27.0. The lowest BCUT2D eigenvalue weighted by molar-refractivity contribution is 0.115. The number of rotatable bonds is 0. The summed E-state index contributed by atoms with van der Waals surface area (Å²) in [7, 11) is -27.7. The van der Waals surface area contributed by atoms with Gasteiger partial charge in [-0.25, -0.2) is 0 Å². The Bertz CT molecular complexity index is 208. The first-order valence-electron chi connectivity index (χ1n) is 5.37. The van der Waals surface area contributed by atoms with E-state index in [0.29, 0.717) is 0 Å². The Morgan fingerprint density at radius 3 is 0.133 bits per heavy atom. The summed E-state index contributed by atoms with van der Waals surface area (Å²) in [5, 5.41) is 0. The van der Waals surface area contributed by atoms with E-state index in [1.54, 1.807) is 0 Å². The largest absolute Gasteiger partial charge is 0.668 e. The van der Waals surface area contributed by atoms with Gasteiger partial charge >= 0.3 is 54.3 Å². The molecular formula is H24O24Si6. The Morgan fingerprint density at radius 1 is 0.133 bits per heavy atom. The van der Waals surface area contributed by atoms with E-state index in [1.165, 1.54) is 0 Å². The van der Waals surface area contributed by atoms with Crippen LogP contribution in [0.3, 0.4) is 0 Å². The lowest BCUT2D eigenvalue weighted by atomic mass is 15.7. The molecular weight excluding hydrogens is 552 g/mol. The molecule has 192 valence electrons. The van der Waals surface area contributed by atoms with Crippen LogP contribution in [0.5, 0.6) is 0 Å². The summed E-state index contributed by atoms with van der Waals surface area (Å²) in [6.07, 6.45) is 0. The van der Waals surface area contributed by atoms with Gasteiger partial charge in [0.05, 0.1) is 0 Å². The SMILES string of the molecule is O[Si](O)(O)O.O[Si](O)(O)O.O[Si](O)(O)O.O[Si](O)(O)O.O[Si](O)(O)O.O[Si](O)(O)O. The molecule has 0 saturated carbocycles. The van der Waals surface area contributed by atoms with Gasteiger partial charge in [0.2, 0.25) is 0 Å². The molecule has 0 saturated heterocycles. The van der Waals surface area contributed by atoms with Crippen LogP contribution < -0.4 is 0 Å². The van der Waals surface area contributed by atoms with E-state index in [4.69, 9.17) is 115 Å². The molecule has 0 radical (unpaired) electrons. The van der Waals surface area contributed by atoms with Crippen LogP contribution in [0.25, 0.3) is 0 Å². The summed E-state index contributed by atoms with van der Waals surface area (Å²) in [5.41, 5.74) is 0. The van der Waals surface area contributed by atoms with Crippen molar-refractivity contribution >= 4 is 54.3 Å². The molecule has 0 amide bonds.